The van der Waals surface area contributed by atoms with Crippen LogP contribution in [0, 0.1) is 0 Å². The fraction of sp³-hybridized carbons (Fsp3) is 0.286. The molecule has 0 radical (unpaired) electrons. The fourth-order valence-electron chi connectivity index (χ4n) is 2.51. The van der Waals surface area contributed by atoms with E-state index < -0.39 is 10.0 Å². The Kier molecular flexibility index (Phi) is 3.69. The van der Waals surface area contributed by atoms with Crippen molar-refractivity contribution in [1.29, 1.82) is 0 Å². The first-order valence-corrected chi connectivity index (χ1v) is 8.34. The van der Waals surface area contributed by atoms with Gasteiger partial charge in [0.1, 0.15) is 0 Å². The summed E-state index contributed by atoms with van der Waals surface area (Å²) < 4.78 is 27.8. The molecule has 4 nitrogen and oxygen atoms in total. The van der Waals surface area contributed by atoms with Crippen LogP contribution in [0.4, 0.5) is 0 Å². The van der Waals surface area contributed by atoms with E-state index >= 15 is 0 Å². The number of benzene rings is 2. The van der Waals surface area contributed by atoms with Crippen LogP contribution in [-0.4, -0.2) is 27.5 Å². The van der Waals surface area contributed by atoms with Gasteiger partial charge in [0, 0.05) is 28.4 Å². The molecule has 0 saturated carbocycles. The van der Waals surface area contributed by atoms with Crippen molar-refractivity contribution in [2.75, 3.05) is 13.1 Å². The summed E-state index contributed by atoms with van der Waals surface area (Å²) in [5, 5.41) is 5.10. The van der Waals surface area contributed by atoms with Crippen molar-refractivity contribution in [3.63, 3.8) is 0 Å². The van der Waals surface area contributed by atoms with E-state index in [-0.39, 0.29) is 10.9 Å². The second kappa shape index (κ2) is 5.33. The molecule has 1 atom stereocenters. The SMILES string of the molecule is O=S(=O)(NC1CCNC1)c1ccc(Cl)c2ccccc12. The van der Waals surface area contributed by atoms with E-state index in [1.165, 1.54) is 0 Å². The molecule has 6 heteroatoms. The van der Waals surface area contributed by atoms with E-state index in [2.05, 4.69) is 10.0 Å². The average molecular weight is 311 g/mol. The van der Waals surface area contributed by atoms with Crippen molar-refractivity contribution in [3.8, 4) is 0 Å². The third kappa shape index (κ3) is 2.54. The van der Waals surface area contributed by atoms with Gasteiger partial charge in [-0.05, 0) is 25.1 Å². The standard InChI is InChI=1S/C14H15ClN2O2S/c15-13-5-6-14(12-4-2-1-3-11(12)13)20(18,19)17-10-7-8-16-9-10/h1-6,10,16-17H,7-9H2. The Bertz CT molecular complexity index is 740. The average Bonchev–Trinajstić information content (AvgIpc) is 2.91. The van der Waals surface area contributed by atoms with Crippen LogP contribution in [0.15, 0.2) is 41.3 Å². The molecule has 2 aromatic rings. The molecule has 1 heterocycles. The Morgan fingerprint density at radius 1 is 1.15 bits per heavy atom. The number of fused-ring (bicyclic) bond motifs is 1. The number of hydrogen-bond donors (Lipinski definition) is 2. The largest absolute Gasteiger partial charge is 0.315 e. The van der Waals surface area contributed by atoms with Crippen LogP contribution in [0.25, 0.3) is 10.8 Å². The van der Waals surface area contributed by atoms with Gasteiger partial charge >= 0.3 is 0 Å². The first kappa shape index (κ1) is 13.8. The van der Waals surface area contributed by atoms with Gasteiger partial charge in [-0.3, -0.25) is 0 Å². The lowest BCUT2D eigenvalue weighted by molar-refractivity contribution is 0.561. The van der Waals surface area contributed by atoms with Gasteiger partial charge in [-0.15, -0.1) is 0 Å². The van der Waals surface area contributed by atoms with Crippen molar-refractivity contribution in [2.24, 2.45) is 0 Å². The van der Waals surface area contributed by atoms with Crippen LogP contribution >= 0.6 is 11.6 Å². The van der Waals surface area contributed by atoms with E-state index in [9.17, 15) is 8.42 Å². The molecule has 2 N–H and O–H groups in total. The number of rotatable bonds is 3. The van der Waals surface area contributed by atoms with Gasteiger partial charge in [-0.2, -0.15) is 0 Å². The minimum absolute atomic E-state index is 0.0468. The number of sulfonamides is 1. The molecule has 3 rings (SSSR count). The quantitative estimate of drug-likeness (QED) is 0.913. The topological polar surface area (TPSA) is 58.2 Å². The lowest BCUT2D eigenvalue weighted by atomic mass is 10.1. The predicted molar refractivity (Wildman–Crippen MR) is 80.6 cm³/mol. The number of nitrogens with one attached hydrogen (secondary N) is 2. The molecule has 0 spiro atoms. The summed E-state index contributed by atoms with van der Waals surface area (Å²) in [5.74, 6) is 0. The van der Waals surface area contributed by atoms with E-state index in [0.29, 0.717) is 17.0 Å². The molecule has 1 fully saturated rings. The Labute approximate surface area is 123 Å². The van der Waals surface area contributed by atoms with Gasteiger partial charge in [0.25, 0.3) is 0 Å². The van der Waals surface area contributed by atoms with Crippen molar-refractivity contribution < 1.29 is 8.42 Å². The highest BCUT2D eigenvalue weighted by Gasteiger charge is 2.24. The Hall–Kier alpha value is -1.14. The van der Waals surface area contributed by atoms with E-state index in [4.69, 9.17) is 11.6 Å². The molecule has 20 heavy (non-hydrogen) atoms. The lowest BCUT2D eigenvalue weighted by Gasteiger charge is -2.14. The van der Waals surface area contributed by atoms with Crippen LogP contribution in [0.1, 0.15) is 6.42 Å². The van der Waals surface area contributed by atoms with Crippen molar-refractivity contribution in [3.05, 3.63) is 41.4 Å². The minimum atomic E-state index is -3.54. The van der Waals surface area contributed by atoms with Crippen LogP contribution in [0.5, 0.6) is 0 Å². The lowest BCUT2D eigenvalue weighted by Crippen LogP contribution is -2.36. The molecule has 1 saturated heterocycles. The molecule has 0 amide bonds. The Morgan fingerprint density at radius 3 is 2.60 bits per heavy atom. The highest BCUT2D eigenvalue weighted by atomic mass is 35.5. The second-order valence-corrected chi connectivity index (χ2v) is 6.99. The first-order chi connectivity index (χ1) is 9.58. The van der Waals surface area contributed by atoms with Crippen molar-refractivity contribution in [1.82, 2.24) is 10.0 Å². The molecule has 106 valence electrons. The zero-order chi connectivity index (χ0) is 14.2. The fourth-order valence-corrected chi connectivity index (χ4v) is 4.22. The summed E-state index contributed by atoms with van der Waals surface area (Å²) in [5.41, 5.74) is 0. The molecular weight excluding hydrogens is 296 g/mol. The van der Waals surface area contributed by atoms with Gasteiger partial charge in [0.15, 0.2) is 0 Å². The van der Waals surface area contributed by atoms with Crippen LogP contribution in [0.3, 0.4) is 0 Å². The van der Waals surface area contributed by atoms with Crippen molar-refractivity contribution in [2.45, 2.75) is 17.4 Å². The van der Waals surface area contributed by atoms with Gasteiger partial charge in [0.2, 0.25) is 10.0 Å². The molecule has 1 aliphatic heterocycles. The molecule has 1 unspecified atom stereocenters. The van der Waals surface area contributed by atoms with Gasteiger partial charge in [-0.25, -0.2) is 13.1 Å². The molecule has 2 aromatic carbocycles. The van der Waals surface area contributed by atoms with E-state index in [1.807, 2.05) is 18.2 Å². The monoisotopic (exact) mass is 310 g/mol. The highest BCUT2D eigenvalue weighted by Crippen LogP contribution is 2.29. The highest BCUT2D eigenvalue weighted by molar-refractivity contribution is 7.89. The van der Waals surface area contributed by atoms with Crippen molar-refractivity contribution >= 4 is 32.4 Å². The zero-order valence-electron chi connectivity index (χ0n) is 10.8. The zero-order valence-corrected chi connectivity index (χ0v) is 12.3. The van der Waals surface area contributed by atoms with Gasteiger partial charge in [-0.1, -0.05) is 35.9 Å². The maximum absolute atomic E-state index is 12.5. The Balaban J connectivity index is 2.07. The second-order valence-electron chi connectivity index (χ2n) is 4.90. The van der Waals surface area contributed by atoms with Gasteiger partial charge < -0.3 is 5.32 Å². The van der Waals surface area contributed by atoms with Crippen LogP contribution < -0.4 is 10.0 Å². The van der Waals surface area contributed by atoms with Gasteiger partial charge in [0.05, 0.1) is 4.90 Å². The van der Waals surface area contributed by atoms with E-state index in [1.54, 1.807) is 18.2 Å². The van der Waals surface area contributed by atoms with Crippen LogP contribution in [0.2, 0.25) is 5.02 Å². The summed E-state index contributed by atoms with van der Waals surface area (Å²) in [6, 6.07) is 10.4. The minimum Gasteiger partial charge on any atom is -0.315 e. The summed E-state index contributed by atoms with van der Waals surface area (Å²) in [6.07, 6.45) is 0.810. The molecular formula is C14H15ClN2O2S. The summed E-state index contributed by atoms with van der Waals surface area (Å²) in [4.78, 5) is 0.282. The normalized spacial score (nSPS) is 19.6. The summed E-state index contributed by atoms with van der Waals surface area (Å²) in [7, 11) is -3.54. The maximum Gasteiger partial charge on any atom is 0.241 e. The molecule has 1 aliphatic rings. The van der Waals surface area contributed by atoms with Crippen LogP contribution in [-0.2, 0) is 10.0 Å². The number of halogens is 1. The third-order valence-electron chi connectivity index (χ3n) is 3.50. The smallest absolute Gasteiger partial charge is 0.241 e. The third-order valence-corrected chi connectivity index (χ3v) is 5.41. The Morgan fingerprint density at radius 2 is 1.90 bits per heavy atom. The predicted octanol–water partition coefficient (Wildman–Crippen LogP) is 2.13. The summed E-state index contributed by atoms with van der Waals surface area (Å²) in [6.45, 7) is 1.51. The molecule has 0 bridgehead atoms. The maximum atomic E-state index is 12.5. The molecule has 0 aromatic heterocycles. The first-order valence-electron chi connectivity index (χ1n) is 6.48. The number of hydrogen-bond acceptors (Lipinski definition) is 3. The summed E-state index contributed by atoms with van der Waals surface area (Å²) >= 11 is 6.12. The molecule has 0 aliphatic carbocycles. The van der Waals surface area contributed by atoms with E-state index in [0.717, 1.165) is 18.4 Å².